The van der Waals surface area contributed by atoms with E-state index in [0.29, 0.717) is 18.0 Å². The molecule has 5 heteroatoms. The molecule has 0 radical (unpaired) electrons. The molecule has 1 amide bonds. The van der Waals surface area contributed by atoms with E-state index >= 15 is 0 Å². The van der Waals surface area contributed by atoms with Crippen molar-refractivity contribution in [3.05, 3.63) is 54.1 Å². The molecule has 2 aromatic carbocycles. The van der Waals surface area contributed by atoms with E-state index in [0.717, 1.165) is 18.6 Å². The fourth-order valence-electron chi connectivity index (χ4n) is 2.20. The Morgan fingerprint density at radius 2 is 1.67 bits per heavy atom. The van der Waals surface area contributed by atoms with Gasteiger partial charge in [0, 0.05) is 12.6 Å². The second kappa shape index (κ2) is 9.45. The minimum absolute atomic E-state index is 0.00426. The number of carbonyl (C=O) groups is 1. The predicted molar refractivity (Wildman–Crippen MR) is 92.8 cm³/mol. The highest BCUT2D eigenvalue weighted by Crippen LogP contribution is 2.18. The Labute approximate surface area is 142 Å². The normalized spacial score (nSPS) is 10.1. The molecule has 0 aliphatic heterocycles. The Kier molecular flexibility index (Phi) is 6.95. The Morgan fingerprint density at radius 1 is 0.958 bits per heavy atom. The molecule has 0 heterocycles. The van der Waals surface area contributed by atoms with E-state index in [9.17, 15) is 4.79 Å². The molecule has 128 valence electrons. The van der Waals surface area contributed by atoms with Crippen molar-refractivity contribution in [1.29, 1.82) is 0 Å². The third-order valence-corrected chi connectivity index (χ3v) is 3.53. The number of benzene rings is 2. The summed E-state index contributed by atoms with van der Waals surface area (Å²) in [5.41, 5.74) is 1.22. The lowest BCUT2D eigenvalue weighted by atomic mass is 10.1. The van der Waals surface area contributed by atoms with Gasteiger partial charge in [-0.1, -0.05) is 18.2 Å². The van der Waals surface area contributed by atoms with Crippen LogP contribution >= 0.6 is 0 Å². The summed E-state index contributed by atoms with van der Waals surface area (Å²) in [5.74, 6) is 2.03. The van der Waals surface area contributed by atoms with Crippen LogP contribution in [0.2, 0.25) is 0 Å². The summed E-state index contributed by atoms with van der Waals surface area (Å²) in [7, 11) is 3.24. The number of hydrogen-bond acceptors (Lipinski definition) is 4. The molecule has 2 aromatic rings. The number of aryl methyl sites for hydroxylation is 1. The summed E-state index contributed by atoms with van der Waals surface area (Å²) < 4.78 is 15.7. The van der Waals surface area contributed by atoms with E-state index in [4.69, 9.17) is 14.2 Å². The molecular weight excluding hydrogens is 306 g/mol. The first kappa shape index (κ1) is 17.7. The zero-order chi connectivity index (χ0) is 17.2. The highest BCUT2D eigenvalue weighted by atomic mass is 16.5. The first-order valence-corrected chi connectivity index (χ1v) is 7.88. The van der Waals surface area contributed by atoms with Crippen LogP contribution in [0, 0.1) is 0 Å². The number of rotatable bonds is 9. The van der Waals surface area contributed by atoms with Crippen LogP contribution in [-0.2, 0) is 11.2 Å². The Balaban J connectivity index is 1.63. The summed E-state index contributed by atoms with van der Waals surface area (Å²) in [5, 5.41) is 2.85. The van der Waals surface area contributed by atoms with Crippen LogP contribution in [0.15, 0.2) is 48.5 Å². The summed E-state index contributed by atoms with van der Waals surface area (Å²) in [4.78, 5) is 11.8. The van der Waals surface area contributed by atoms with Gasteiger partial charge < -0.3 is 19.5 Å². The van der Waals surface area contributed by atoms with Gasteiger partial charge in [0.2, 0.25) is 0 Å². The lowest BCUT2D eigenvalue weighted by Gasteiger charge is -2.09. The summed E-state index contributed by atoms with van der Waals surface area (Å²) in [6.45, 7) is 0.613. The predicted octanol–water partition coefficient (Wildman–Crippen LogP) is 2.83. The molecule has 5 nitrogen and oxygen atoms in total. The molecular formula is C19H23NO4. The second-order valence-electron chi connectivity index (χ2n) is 5.27. The maximum absolute atomic E-state index is 11.8. The maximum Gasteiger partial charge on any atom is 0.257 e. The topological polar surface area (TPSA) is 56.8 Å². The van der Waals surface area contributed by atoms with Crippen LogP contribution in [-0.4, -0.2) is 33.3 Å². The van der Waals surface area contributed by atoms with E-state index in [-0.39, 0.29) is 12.5 Å². The number of hydrogen-bond donors (Lipinski definition) is 1. The van der Waals surface area contributed by atoms with Crippen molar-refractivity contribution >= 4 is 5.91 Å². The van der Waals surface area contributed by atoms with E-state index in [1.807, 2.05) is 36.4 Å². The molecule has 0 saturated carbocycles. The van der Waals surface area contributed by atoms with E-state index < -0.39 is 0 Å². The molecule has 1 N–H and O–H groups in total. The SMILES string of the molecule is COc1ccc(CCCNC(=O)COc2cccc(OC)c2)cc1. The molecule has 0 spiro atoms. The van der Waals surface area contributed by atoms with Crippen LogP contribution in [0.5, 0.6) is 17.2 Å². The molecule has 0 saturated heterocycles. The van der Waals surface area contributed by atoms with Crippen molar-refractivity contribution in [3.63, 3.8) is 0 Å². The number of methoxy groups -OCH3 is 2. The standard InChI is InChI=1S/C19H23NO4/c1-22-16-10-8-15(9-11-16)5-4-12-20-19(21)14-24-18-7-3-6-17(13-18)23-2/h3,6-11,13H,4-5,12,14H2,1-2H3,(H,20,21). The molecule has 0 aromatic heterocycles. The van der Waals surface area contributed by atoms with Crippen LogP contribution in [0.25, 0.3) is 0 Å². The van der Waals surface area contributed by atoms with Crippen molar-refractivity contribution in [2.75, 3.05) is 27.4 Å². The smallest absolute Gasteiger partial charge is 0.257 e. The molecule has 24 heavy (non-hydrogen) atoms. The van der Waals surface area contributed by atoms with Gasteiger partial charge in [0.1, 0.15) is 17.2 Å². The fourth-order valence-corrected chi connectivity index (χ4v) is 2.20. The van der Waals surface area contributed by atoms with Gasteiger partial charge in [0.25, 0.3) is 5.91 Å². The van der Waals surface area contributed by atoms with Crippen molar-refractivity contribution in [1.82, 2.24) is 5.32 Å². The molecule has 0 unspecified atom stereocenters. The maximum atomic E-state index is 11.8. The van der Waals surface area contributed by atoms with E-state index in [1.54, 1.807) is 26.4 Å². The summed E-state index contributed by atoms with van der Waals surface area (Å²) in [6, 6.07) is 15.1. The Bertz CT molecular complexity index is 640. The third kappa shape index (κ3) is 5.83. The van der Waals surface area contributed by atoms with Crippen molar-refractivity contribution in [2.24, 2.45) is 0 Å². The largest absolute Gasteiger partial charge is 0.497 e. The van der Waals surface area contributed by atoms with Gasteiger partial charge in [-0.15, -0.1) is 0 Å². The van der Waals surface area contributed by atoms with Crippen molar-refractivity contribution < 1.29 is 19.0 Å². The van der Waals surface area contributed by atoms with Gasteiger partial charge in [0.15, 0.2) is 6.61 Å². The Hall–Kier alpha value is -2.69. The monoisotopic (exact) mass is 329 g/mol. The average Bonchev–Trinajstić information content (AvgIpc) is 2.64. The van der Waals surface area contributed by atoms with E-state index in [1.165, 1.54) is 5.56 Å². The molecule has 0 atom stereocenters. The molecule has 0 aliphatic rings. The van der Waals surface area contributed by atoms with Gasteiger partial charge >= 0.3 is 0 Å². The average molecular weight is 329 g/mol. The summed E-state index contributed by atoms with van der Waals surface area (Å²) in [6.07, 6.45) is 1.78. The Morgan fingerprint density at radius 3 is 2.38 bits per heavy atom. The zero-order valence-corrected chi connectivity index (χ0v) is 14.1. The number of carbonyl (C=O) groups excluding carboxylic acids is 1. The van der Waals surface area contributed by atoms with Gasteiger partial charge in [-0.2, -0.15) is 0 Å². The zero-order valence-electron chi connectivity index (χ0n) is 14.1. The van der Waals surface area contributed by atoms with Gasteiger partial charge in [-0.05, 0) is 42.7 Å². The van der Waals surface area contributed by atoms with Crippen LogP contribution in [0.1, 0.15) is 12.0 Å². The third-order valence-electron chi connectivity index (χ3n) is 3.53. The lowest BCUT2D eigenvalue weighted by Crippen LogP contribution is -2.29. The molecule has 0 fully saturated rings. The highest BCUT2D eigenvalue weighted by molar-refractivity contribution is 5.77. The molecule has 0 bridgehead atoms. The summed E-state index contributed by atoms with van der Waals surface area (Å²) >= 11 is 0. The van der Waals surface area contributed by atoms with Crippen molar-refractivity contribution in [3.8, 4) is 17.2 Å². The lowest BCUT2D eigenvalue weighted by molar-refractivity contribution is -0.123. The minimum Gasteiger partial charge on any atom is -0.497 e. The van der Waals surface area contributed by atoms with Crippen molar-refractivity contribution in [2.45, 2.75) is 12.8 Å². The van der Waals surface area contributed by atoms with Crippen LogP contribution in [0.3, 0.4) is 0 Å². The number of ether oxygens (including phenoxy) is 3. The van der Waals surface area contributed by atoms with Gasteiger partial charge in [-0.3, -0.25) is 4.79 Å². The van der Waals surface area contributed by atoms with Gasteiger partial charge in [-0.25, -0.2) is 0 Å². The number of amides is 1. The quantitative estimate of drug-likeness (QED) is 0.719. The van der Waals surface area contributed by atoms with E-state index in [2.05, 4.69) is 5.32 Å². The number of nitrogens with one attached hydrogen (secondary N) is 1. The van der Waals surface area contributed by atoms with Gasteiger partial charge in [0.05, 0.1) is 14.2 Å². The molecule has 2 rings (SSSR count). The minimum atomic E-state index is -0.132. The van der Waals surface area contributed by atoms with Crippen LogP contribution < -0.4 is 19.5 Å². The molecule has 0 aliphatic carbocycles. The highest BCUT2D eigenvalue weighted by Gasteiger charge is 2.03. The second-order valence-corrected chi connectivity index (χ2v) is 5.27. The first-order valence-electron chi connectivity index (χ1n) is 7.88. The fraction of sp³-hybridized carbons (Fsp3) is 0.316. The van der Waals surface area contributed by atoms with Crippen LogP contribution in [0.4, 0.5) is 0 Å². The first-order chi connectivity index (χ1) is 11.7.